The SMILES string of the molecule is CCNC(=O)[C@H](C)N(Cc1ccc(Br)cc1)C(=O)CN(c1ccc(F)c(Cl)c1)S(=O)(=O)c1ccccc1. The lowest BCUT2D eigenvalue weighted by Gasteiger charge is -2.32. The van der Waals surface area contributed by atoms with Crippen LogP contribution < -0.4 is 9.62 Å². The fourth-order valence-electron chi connectivity index (χ4n) is 3.58. The molecule has 0 saturated heterocycles. The summed E-state index contributed by atoms with van der Waals surface area (Å²) >= 11 is 9.32. The van der Waals surface area contributed by atoms with Crippen LogP contribution in [0.25, 0.3) is 0 Å². The Kier molecular flexibility index (Phi) is 9.69. The topological polar surface area (TPSA) is 86.8 Å². The van der Waals surface area contributed by atoms with Crippen LogP contribution in [0.2, 0.25) is 5.02 Å². The van der Waals surface area contributed by atoms with E-state index in [4.69, 9.17) is 11.6 Å². The molecule has 7 nitrogen and oxygen atoms in total. The van der Waals surface area contributed by atoms with Gasteiger partial charge in [0.2, 0.25) is 11.8 Å². The van der Waals surface area contributed by atoms with E-state index in [1.807, 2.05) is 0 Å². The molecule has 0 heterocycles. The van der Waals surface area contributed by atoms with Gasteiger partial charge >= 0.3 is 0 Å². The molecule has 3 rings (SSSR count). The zero-order chi connectivity index (χ0) is 27.2. The highest BCUT2D eigenvalue weighted by Crippen LogP contribution is 2.28. The van der Waals surface area contributed by atoms with E-state index in [1.54, 1.807) is 56.3 Å². The van der Waals surface area contributed by atoms with E-state index >= 15 is 0 Å². The average Bonchev–Trinajstić information content (AvgIpc) is 2.88. The molecule has 11 heteroatoms. The van der Waals surface area contributed by atoms with Crippen molar-refractivity contribution in [2.45, 2.75) is 31.3 Å². The summed E-state index contributed by atoms with van der Waals surface area (Å²) in [6.45, 7) is 3.13. The Balaban J connectivity index is 2.03. The second kappa shape index (κ2) is 12.5. The Bertz CT molecular complexity index is 1360. The van der Waals surface area contributed by atoms with Crippen LogP contribution >= 0.6 is 27.5 Å². The summed E-state index contributed by atoms with van der Waals surface area (Å²) in [7, 11) is -4.25. The first-order valence-electron chi connectivity index (χ1n) is 11.4. The van der Waals surface area contributed by atoms with Crippen molar-refractivity contribution in [1.29, 1.82) is 0 Å². The summed E-state index contributed by atoms with van der Waals surface area (Å²) in [5, 5.41) is 2.41. The maximum absolute atomic E-state index is 13.9. The molecule has 0 bridgehead atoms. The number of amides is 2. The van der Waals surface area contributed by atoms with E-state index < -0.39 is 34.3 Å². The van der Waals surface area contributed by atoms with Crippen LogP contribution in [0.4, 0.5) is 10.1 Å². The van der Waals surface area contributed by atoms with Crippen LogP contribution in [0, 0.1) is 5.82 Å². The molecule has 0 fully saturated rings. The van der Waals surface area contributed by atoms with E-state index in [2.05, 4.69) is 21.2 Å². The summed E-state index contributed by atoms with van der Waals surface area (Å²) in [6, 6.07) is 17.3. The molecule has 0 aliphatic heterocycles. The van der Waals surface area contributed by atoms with E-state index in [0.29, 0.717) is 6.54 Å². The van der Waals surface area contributed by atoms with E-state index in [0.717, 1.165) is 26.5 Å². The predicted octanol–water partition coefficient (Wildman–Crippen LogP) is 4.99. The molecule has 37 heavy (non-hydrogen) atoms. The number of hydrogen-bond donors (Lipinski definition) is 1. The lowest BCUT2D eigenvalue weighted by Crippen LogP contribution is -2.51. The number of nitrogens with one attached hydrogen (secondary N) is 1. The van der Waals surface area contributed by atoms with Crippen molar-refractivity contribution in [2.75, 3.05) is 17.4 Å². The monoisotopic (exact) mass is 609 g/mol. The molecule has 0 spiro atoms. The molecule has 0 saturated carbocycles. The van der Waals surface area contributed by atoms with Crippen molar-refractivity contribution in [1.82, 2.24) is 10.2 Å². The van der Waals surface area contributed by atoms with Crippen molar-refractivity contribution in [3.63, 3.8) is 0 Å². The molecule has 196 valence electrons. The second-order valence-electron chi connectivity index (χ2n) is 8.14. The number of halogens is 3. The van der Waals surface area contributed by atoms with Crippen molar-refractivity contribution >= 4 is 55.1 Å². The van der Waals surface area contributed by atoms with Gasteiger partial charge < -0.3 is 10.2 Å². The number of sulfonamides is 1. The van der Waals surface area contributed by atoms with E-state index in [1.165, 1.54) is 23.1 Å². The summed E-state index contributed by atoms with van der Waals surface area (Å²) < 4.78 is 42.8. The molecule has 0 aliphatic rings. The lowest BCUT2D eigenvalue weighted by molar-refractivity contribution is -0.139. The van der Waals surface area contributed by atoms with Crippen LogP contribution in [0.15, 0.2) is 82.2 Å². The van der Waals surface area contributed by atoms with E-state index in [-0.39, 0.29) is 28.1 Å². The van der Waals surface area contributed by atoms with Crippen molar-refractivity contribution in [2.24, 2.45) is 0 Å². The maximum atomic E-state index is 13.9. The van der Waals surface area contributed by atoms with Gasteiger partial charge in [0.15, 0.2) is 0 Å². The first kappa shape index (κ1) is 28.6. The van der Waals surface area contributed by atoms with Crippen LogP contribution in [-0.4, -0.2) is 44.3 Å². The van der Waals surface area contributed by atoms with Gasteiger partial charge in [-0.1, -0.05) is 57.9 Å². The third-order valence-corrected chi connectivity index (χ3v) is 8.19. The highest BCUT2D eigenvalue weighted by atomic mass is 79.9. The Labute approximate surface area is 229 Å². The minimum absolute atomic E-state index is 0.0119. The molecular weight excluding hydrogens is 585 g/mol. The first-order valence-corrected chi connectivity index (χ1v) is 14.0. The minimum atomic E-state index is -4.25. The molecule has 0 radical (unpaired) electrons. The number of rotatable bonds is 10. The van der Waals surface area contributed by atoms with Gasteiger partial charge in [-0.05, 0) is 61.9 Å². The van der Waals surface area contributed by atoms with Crippen LogP contribution in [-0.2, 0) is 26.2 Å². The highest BCUT2D eigenvalue weighted by molar-refractivity contribution is 9.10. The Hall–Kier alpha value is -2.95. The maximum Gasteiger partial charge on any atom is 0.264 e. The first-order chi connectivity index (χ1) is 17.5. The van der Waals surface area contributed by atoms with Gasteiger partial charge in [-0.25, -0.2) is 12.8 Å². The summed E-state index contributed by atoms with van der Waals surface area (Å²) in [5.41, 5.74) is 0.757. The smallest absolute Gasteiger partial charge is 0.264 e. The number of carbonyl (C=O) groups is 2. The third kappa shape index (κ3) is 7.09. The number of carbonyl (C=O) groups excluding carboxylic acids is 2. The van der Waals surface area contributed by atoms with E-state index in [9.17, 15) is 22.4 Å². The normalized spacial score (nSPS) is 12.0. The predicted molar refractivity (Wildman–Crippen MR) is 145 cm³/mol. The van der Waals surface area contributed by atoms with Gasteiger partial charge in [0.1, 0.15) is 18.4 Å². The van der Waals surface area contributed by atoms with Crippen LogP contribution in [0.1, 0.15) is 19.4 Å². The zero-order valence-electron chi connectivity index (χ0n) is 20.2. The van der Waals surface area contributed by atoms with Gasteiger partial charge in [-0.15, -0.1) is 0 Å². The highest BCUT2D eigenvalue weighted by Gasteiger charge is 2.32. The lowest BCUT2D eigenvalue weighted by atomic mass is 10.1. The standard InChI is InChI=1S/C26H26BrClFN3O4S/c1-3-30-26(34)18(2)31(16-19-9-11-20(27)12-10-19)25(33)17-32(21-13-14-24(29)23(28)15-21)37(35,36)22-7-5-4-6-8-22/h4-15,18H,3,16-17H2,1-2H3,(H,30,34)/t18-/m0/s1. The molecule has 0 aromatic heterocycles. The Morgan fingerprint density at radius 2 is 1.70 bits per heavy atom. The minimum Gasteiger partial charge on any atom is -0.355 e. The van der Waals surface area contributed by atoms with Gasteiger partial charge in [0, 0.05) is 17.6 Å². The number of anilines is 1. The quantitative estimate of drug-likeness (QED) is 0.351. The second-order valence-corrected chi connectivity index (χ2v) is 11.3. The largest absolute Gasteiger partial charge is 0.355 e. The molecule has 0 unspecified atom stereocenters. The molecule has 3 aromatic rings. The fraction of sp³-hybridized carbons (Fsp3) is 0.231. The van der Waals surface area contributed by atoms with Gasteiger partial charge in [0.05, 0.1) is 15.6 Å². The molecular formula is C26H26BrClFN3O4S. The van der Waals surface area contributed by atoms with Crippen molar-refractivity contribution < 1.29 is 22.4 Å². The van der Waals surface area contributed by atoms with Gasteiger partial charge in [0.25, 0.3) is 10.0 Å². The fourth-order valence-corrected chi connectivity index (χ4v) is 5.45. The molecule has 3 aromatic carbocycles. The van der Waals surface area contributed by atoms with Gasteiger partial charge in [-0.3, -0.25) is 13.9 Å². The molecule has 1 N–H and O–H groups in total. The summed E-state index contributed by atoms with van der Waals surface area (Å²) in [5.74, 6) is -1.73. The number of nitrogens with zero attached hydrogens (tertiary/aromatic N) is 2. The molecule has 2 amide bonds. The molecule has 0 aliphatic carbocycles. The molecule has 1 atom stereocenters. The Morgan fingerprint density at radius 3 is 2.30 bits per heavy atom. The van der Waals surface area contributed by atoms with Crippen LogP contribution in [0.3, 0.4) is 0 Å². The van der Waals surface area contributed by atoms with Crippen LogP contribution in [0.5, 0.6) is 0 Å². The van der Waals surface area contributed by atoms with Gasteiger partial charge in [-0.2, -0.15) is 0 Å². The van der Waals surface area contributed by atoms with Crippen molar-refractivity contribution in [3.05, 3.63) is 93.7 Å². The van der Waals surface area contributed by atoms with Crippen molar-refractivity contribution in [3.8, 4) is 0 Å². The summed E-state index contributed by atoms with van der Waals surface area (Å²) in [4.78, 5) is 27.6. The number of likely N-dealkylation sites (N-methyl/N-ethyl adjacent to an activating group) is 1. The number of benzene rings is 3. The zero-order valence-corrected chi connectivity index (χ0v) is 23.4. The Morgan fingerprint density at radius 1 is 1.05 bits per heavy atom. The summed E-state index contributed by atoms with van der Waals surface area (Å²) in [6.07, 6.45) is 0. The average molecular weight is 611 g/mol. The number of hydrogen-bond acceptors (Lipinski definition) is 4. The third-order valence-electron chi connectivity index (χ3n) is 5.59.